The van der Waals surface area contributed by atoms with Gasteiger partial charge in [-0.05, 0) is 54.1 Å². The Labute approximate surface area is 188 Å². The average Bonchev–Trinajstić information content (AvgIpc) is 3.34. The molecule has 0 radical (unpaired) electrons. The summed E-state index contributed by atoms with van der Waals surface area (Å²) in [5.74, 6) is -1.62. The molecule has 1 heterocycles. The van der Waals surface area contributed by atoms with Crippen LogP contribution in [0.2, 0.25) is 0 Å². The predicted molar refractivity (Wildman–Crippen MR) is 118 cm³/mol. The highest BCUT2D eigenvalue weighted by atomic mass is 32.2. The Balaban J connectivity index is 1.40. The first-order chi connectivity index (χ1) is 15.8. The van der Waals surface area contributed by atoms with E-state index in [1.807, 2.05) is 0 Å². The number of rotatable bonds is 7. The van der Waals surface area contributed by atoms with Gasteiger partial charge in [0, 0.05) is 24.5 Å². The Morgan fingerprint density at radius 3 is 2.39 bits per heavy atom. The van der Waals surface area contributed by atoms with E-state index in [0.29, 0.717) is 11.3 Å². The summed E-state index contributed by atoms with van der Waals surface area (Å²) in [5, 5.41) is 2.66. The number of aromatic nitrogens is 2. The summed E-state index contributed by atoms with van der Waals surface area (Å²) in [6.07, 6.45) is 4.64. The molecule has 0 aliphatic rings. The number of hydrogen-bond acceptors (Lipinski definition) is 4. The van der Waals surface area contributed by atoms with Crippen LogP contribution in [0, 0.1) is 11.6 Å². The van der Waals surface area contributed by atoms with E-state index in [1.54, 1.807) is 24.5 Å². The molecule has 0 aliphatic heterocycles. The van der Waals surface area contributed by atoms with Crippen molar-refractivity contribution in [3.63, 3.8) is 0 Å². The number of nitrogens with zero attached hydrogens (tertiary/aromatic N) is 2. The molecule has 10 heteroatoms. The lowest BCUT2D eigenvalue weighted by molar-refractivity contribution is 0.0950. The van der Waals surface area contributed by atoms with Gasteiger partial charge in [0.15, 0.2) is 0 Å². The van der Waals surface area contributed by atoms with Crippen molar-refractivity contribution in [1.82, 2.24) is 14.9 Å². The maximum Gasteiger partial charge on any atom is 0.261 e. The quantitative estimate of drug-likeness (QED) is 0.431. The van der Waals surface area contributed by atoms with Gasteiger partial charge in [0.25, 0.3) is 15.9 Å². The van der Waals surface area contributed by atoms with Gasteiger partial charge in [0.2, 0.25) is 0 Å². The minimum Gasteiger partial charge on any atom is -0.348 e. The second-order valence-electron chi connectivity index (χ2n) is 7.05. The van der Waals surface area contributed by atoms with Crippen LogP contribution >= 0.6 is 0 Å². The van der Waals surface area contributed by atoms with Crippen LogP contribution in [0.4, 0.5) is 14.5 Å². The maximum absolute atomic E-state index is 14.4. The summed E-state index contributed by atoms with van der Waals surface area (Å²) in [4.78, 5) is 16.2. The molecule has 3 aromatic carbocycles. The molecular weight excluding hydrogens is 450 g/mol. The fourth-order valence-electron chi connectivity index (χ4n) is 3.09. The fourth-order valence-corrected chi connectivity index (χ4v) is 4.16. The number of carbonyl (C=O) groups is 1. The zero-order valence-electron chi connectivity index (χ0n) is 17.1. The number of amides is 1. The molecule has 4 aromatic rings. The number of halogens is 2. The molecule has 168 valence electrons. The van der Waals surface area contributed by atoms with Gasteiger partial charge in [0.05, 0.1) is 22.6 Å². The topological polar surface area (TPSA) is 93.1 Å². The van der Waals surface area contributed by atoms with Gasteiger partial charge in [-0.2, -0.15) is 0 Å². The van der Waals surface area contributed by atoms with Crippen molar-refractivity contribution < 1.29 is 22.0 Å². The zero-order chi connectivity index (χ0) is 23.4. The maximum atomic E-state index is 14.4. The van der Waals surface area contributed by atoms with E-state index < -0.39 is 27.6 Å². The molecule has 0 fully saturated rings. The summed E-state index contributed by atoms with van der Waals surface area (Å²) < 4.78 is 56.7. The minimum absolute atomic E-state index is 0.0782. The van der Waals surface area contributed by atoms with Crippen LogP contribution in [-0.2, 0) is 16.6 Å². The molecule has 0 aliphatic carbocycles. The Morgan fingerprint density at radius 2 is 1.73 bits per heavy atom. The van der Waals surface area contributed by atoms with Crippen molar-refractivity contribution in [2.45, 2.75) is 11.4 Å². The van der Waals surface area contributed by atoms with Crippen LogP contribution in [0.1, 0.15) is 15.9 Å². The summed E-state index contributed by atoms with van der Waals surface area (Å²) in [6, 6.07) is 15.2. The lowest BCUT2D eigenvalue weighted by atomic mass is 10.1. The smallest absolute Gasteiger partial charge is 0.261 e. The van der Waals surface area contributed by atoms with Gasteiger partial charge in [-0.15, -0.1) is 0 Å². The van der Waals surface area contributed by atoms with E-state index in [1.165, 1.54) is 59.4 Å². The Kier molecular flexibility index (Phi) is 6.18. The first-order valence-corrected chi connectivity index (χ1v) is 11.2. The highest BCUT2D eigenvalue weighted by Gasteiger charge is 2.17. The van der Waals surface area contributed by atoms with Crippen molar-refractivity contribution in [2.75, 3.05) is 4.72 Å². The molecule has 0 bridgehead atoms. The Bertz CT molecular complexity index is 1390. The summed E-state index contributed by atoms with van der Waals surface area (Å²) in [6.45, 7) is 0.0782. The Morgan fingerprint density at radius 1 is 0.970 bits per heavy atom. The molecule has 0 atom stereocenters. The molecule has 7 nitrogen and oxygen atoms in total. The van der Waals surface area contributed by atoms with Gasteiger partial charge in [0.1, 0.15) is 11.6 Å². The Hall–Kier alpha value is -4.05. The molecule has 0 unspecified atom stereocenters. The lowest BCUT2D eigenvalue weighted by Crippen LogP contribution is -2.23. The predicted octanol–water partition coefficient (Wildman–Crippen LogP) is 3.88. The molecule has 4 rings (SSSR count). The van der Waals surface area contributed by atoms with Gasteiger partial charge < -0.3 is 9.88 Å². The van der Waals surface area contributed by atoms with Crippen molar-refractivity contribution in [2.24, 2.45) is 0 Å². The second-order valence-corrected chi connectivity index (χ2v) is 8.73. The van der Waals surface area contributed by atoms with Gasteiger partial charge >= 0.3 is 0 Å². The molecule has 33 heavy (non-hydrogen) atoms. The number of imidazole rings is 1. The normalized spacial score (nSPS) is 11.2. The van der Waals surface area contributed by atoms with Crippen LogP contribution < -0.4 is 10.0 Å². The third kappa shape index (κ3) is 5.07. The van der Waals surface area contributed by atoms with E-state index in [0.717, 1.165) is 6.07 Å². The molecule has 0 spiro atoms. The largest absolute Gasteiger partial charge is 0.348 e. The van der Waals surface area contributed by atoms with Gasteiger partial charge in [-0.3, -0.25) is 9.52 Å². The van der Waals surface area contributed by atoms with Gasteiger partial charge in [-0.1, -0.05) is 18.2 Å². The van der Waals surface area contributed by atoms with Crippen LogP contribution in [0.15, 0.2) is 90.3 Å². The minimum atomic E-state index is -4.03. The lowest BCUT2D eigenvalue weighted by Gasteiger charge is -2.10. The third-order valence-electron chi connectivity index (χ3n) is 4.79. The van der Waals surface area contributed by atoms with Crippen molar-refractivity contribution in [1.29, 1.82) is 0 Å². The van der Waals surface area contributed by atoms with Crippen LogP contribution in [0.3, 0.4) is 0 Å². The zero-order valence-corrected chi connectivity index (χ0v) is 17.9. The second kappa shape index (κ2) is 9.21. The standard InChI is InChI=1S/C23H18F2N4O3S/c24-19-3-1-2-4-21(19)28-33(31,32)18-8-6-17(7-9-18)23(30)27-14-16-5-10-22(20(25)13-16)29-12-11-26-15-29/h1-13,15,28H,14H2,(H,27,30). The number of benzene rings is 3. The molecular formula is C23H18F2N4O3S. The van der Waals surface area contributed by atoms with E-state index in [9.17, 15) is 22.0 Å². The number of nitrogens with one attached hydrogen (secondary N) is 2. The number of para-hydroxylation sites is 1. The van der Waals surface area contributed by atoms with E-state index in [-0.39, 0.29) is 22.7 Å². The molecule has 1 amide bonds. The SMILES string of the molecule is O=C(NCc1ccc(-n2ccnc2)c(F)c1)c1ccc(S(=O)(=O)Nc2ccccc2F)cc1. The van der Waals surface area contributed by atoms with E-state index >= 15 is 0 Å². The van der Waals surface area contributed by atoms with Crippen molar-refractivity contribution >= 4 is 21.6 Å². The fraction of sp³-hybridized carbons (Fsp3) is 0.0435. The summed E-state index contributed by atoms with van der Waals surface area (Å²) in [5.41, 5.74) is 0.933. The first kappa shape index (κ1) is 22.2. The molecule has 0 saturated carbocycles. The van der Waals surface area contributed by atoms with E-state index in [4.69, 9.17) is 0 Å². The van der Waals surface area contributed by atoms with E-state index in [2.05, 4.69) is 15.0 Å². The molecule has 1 aromatic heterocycles. The van der Waals surface area contributed by atoms with Gasteiger partial charge in [-0.25, -0.2) is 22.2 Å². The summed E-state index contributed by atoms with van der Waals surface area (Å²) >= 11 is 0. The number of hydrogen-bond donors (Lipinski definition) is 2. The van der Waals surface area contributed by atoms with Crippen LogP contribution in [0.5, 0.6) is 0 Å². The highest BCUT2D eigenvalue weighted by Crippen LogP contribution is 2.19. The molecule has 2 N–H and O–H groups in total. The number of carbonyl (C=O) groups excluding carboxylic acids is 1. The molecule has 0 saturated heterocycles. The number of anilines is 1. The summed E-state index contributed by atoms with van der Waals surface area (Å²) in [7, 11) is -4.03. The monoisotopic (exact) mass is 468 g/mol. The first-order valence-electron chi connectivity index (χ1n) is 9.76. The van der Waals surface area contributed by atoms with Crippen LogP contribution in [0.25, 0.3) is 5.69 Å². The third-order valence-corrected chi connectivity index (χ3v) is 6.17. The number of sulfonamides is 1. The van der Waals surface area contributed by atoms with Crippen LogP contribution in [-0.4, -0.2) is 23.9 Å². The van der Waals surface area contributed by atoms with Crippen molar-refractivity contribution in [3.8, 4) is 5.69 Å². The van der Waals surface area contributed by atoms with Crippen molar-refractivity contribution in [3.05, 3.63) is 108 Å². The average molecular weight is 468 g/mol. The highest BCUT2D eigenvalue weighted by molar-refractivity contribution is 7.92.